The van der Waals surface area contributed by atoms with E-state index >= 15 is 0 Å². The minimum absolute atomic E-state index is 0.0266. The smallest absolute Gasteiger partial charge is 0.422 e. The molecule has 0 aliphatic carbocycles. The van der Waals surface area contributed by atoms with Gasteiger partial charge in [0.2, 0.25) is 0 Å². The summed E-state index contributed by atoms with van der Waals surface area (Å²) in [5.74, 6) is -13.0. The van der Waals surface area contributed by atoms with Crippen LogP contribution in [0.4, 0.5) is 40.8 Å². The van der Waals surface area contributed by atoms with E-state index < -0.39 is 58.2 Å². The molecule has 2 aromatic carbocycles. The van der Waals surface area contributed by atoms with Crippen LogP contribution in [0.3, 0.4) is 0 Å². The zero-order valence-electron chi connectivity index (χ0n) is 15.2. The molecule has 0 spiro atoms. The molecule has 32 heavy (non-hydrogen) atoms. The summed E-state index contributed by atoms with van der Waals surface area (Å²) in [5, 5.41) is 1.36. The molecule has 1 heterocycles. The minimum atomic E-state index is -5.72. The van der Waals surface area contributed by atoms with Gasteiger partial charge in [-0.05, 0) is 30.3 Å². The quantitative estimate of drug-likeness (QED) is 0.332. The van der Waals surface area contributed by atoms with Crippen molar-refractivity contribution in [2.45, 2.75) is 12.8 Å². The Kier molecular flexibility index (Phi) is 6.35. The topological polar surface area (TPSA) is 51.5 Å². The molecule has 1 aromatic heterocycles. The number of hydrogen-bond acceptors (Lipinski definition) is 3. The van der Waals surface area contributed by atoms with Gasteiger partial charge in [0.05, 0.1) is 5.02 Å². The van der Waals surface area contributed by atoms with Crippen molar-refractivity contribution in [1.29, 1.82) is 0 Å². The lowest BCUT2D eigenvalue weighted by molar-refractivity contribution is -0.143. The number of furan rings is 1. The zero-order valence-corrected chi connectivity index (χ0v) is 16.0. The third-order valence-electron chi connectivity index (χ3n) is 3.93. The highest BCUT2D eigenvalue weighted by Crippen LogP contribution is 2.38. The van der Waals surface area contributed by atoms with Crippen LogP contribution in [-0.4, -0.2) is 5.91 Å². The maximum Gasteiger partial charge on any atom is 0.422 e. The van der Waals surface area contributed by atoms with Crippen LogP contribution >= 0.6 is 11.6 Å². The monoisotopic (exact) mass is 485 g/mol. The number of alkyl halides is 3. The van der Waals surface area contributed by atoms with Gasteiger partial charge in [0, 0.05) is 0 Å². The zero-order chi connectivity index (χ0) is 23.8. The summed E-state index contributed by atoms with van der Waals surface area (Å²) >= 11 is 5.77. The van der Waals surface area contributed by atoms with Crippen molar-refractivity contribution in [3.8, 4) is 5.75 Å². The van der Waals surface area contributed by atoms with Crippen LogP contribution in [0.15, 0.2) is 34.7 Å². The molecule has 13 heteroatoms. The van der Waals surface area contributed by atoms with Crippen molar-refractivity contribution >= 4 is 23.2 Å². The van der Waals surface area contributed by atoms with E-state index in [4.69, 9.17) is 20.8 Å². The summed E-state index contributed by atoms with van der Waals surface area (Å²) in [7, 11) is 0. The lowest BCUT2D eigenvalue weighted by Gasteiger charge is -2.14. The number of anilines is 1. The van der Waals surface area contributed by atoms with Crippen molar-refractivity contribution in [3.05, 3.63) is 81.5 Å². The van der Waals surface area contributed by atoms with Gasteiger partial charge in [-0.1, -0.05) is 11.6 Å². The molecule has 0 saturated heterocycles. The third kappa shape index (κ3) is 4.64. The molecule has 0 bridgehead atoms. The second-order valence-electron chi connectivity index (χ2n) is 6.09. The standard InChI is InChI=1S/C19H8ClF8NO3/c20-9-5-7(21)1-3-10(9)31-6-8-2-4-11(32-8)18(30)29-17-15(24)13(22)12(19(26,27)28)14(23)16(17)25/h1-5H,6H2,(H,29,30). The lowest BCUT2D eigenvalue weighted by atomic mass is 10.1. The van der Waals surface area contributed by atoms with Crippen LogP contribution in [0.5, 0.6) is 5.75 Å². The van der Waals surface area contributed by atoms with Crippen molar-refractivity contribution in [3.63, 3.8) is 0 Å². The van der Waals surface area contributed by atoms with Crippen LogP contribution < -0.4 is 10.1 Å². The van der Waals surface area contributed by atoms with Gasteiger partial charge in [0.15, 0.2) is 29.0 Å². The summed E-state index contributed by atoms with van der Waals surface area (Å²) in [4.78, 5) is 12.1. The van der Waals surface area contributed by atoms with Gasteiger partial charge in [-0.25, -0.2) is 22.0 Å². The summed E-state index contributed by atoms with van der Waals surface area (Å²) in [6.07, 6.45) is -5.72. The van der Waals surface area contributed by atoms with E-state index in [0.29, 0.717) is 0 Å². The second kappa shape index (κ2) is 8.69. The van der Waals surface area contributed by atoms with Crippen LogP contribution in [0.2, 0.25) is 5.02 Å². The molecule has 0 aliphatic heterocycles. The lowest BCUT2D eigenvalue weighted by Crippen LogP contribution is -2.20. The highest BCUT2D eigenvalue weighted by Gasteiger charge is 2.42. The fourth-order valence-electron chi connectivity index (χ4n) is 2.48. The Hall–Kier alpha value is -3.28. The molecule has 0 aliphatic rings. The Labute approximate surface area is 178 Å². The van der Waals surface area contributed by atoms with E-state index in [2.05, 4.69) is 0 Å². The van der Waals surface area contributed by atoms with Gasteiger partial charge in [-0.3, -0.25) is 4.79 Å². The largest absolute Gasteiger partial charge is 0.484 e. The van der Waals surface area contributed by atoms with E-state index in [1.807, 2.05) is 0 Å². The summed E-state index contributed by atoms with van der Waals surface area (Å²) < 4.78 is 116. The fourth-order valence-corrected chi connectivity index (χ4v) is 2.71. The van der Waals surface area contributed by atoms with Crippen LogP contribution in [0.25, 0.3) is 0 Å². The molecule has 0 saturated carbocycles. The van der Waals surface area contributed by atoms with Crippen molar-refractivity contribution in [1.82, 2.24) is 0 Å². The number of ether oxygens (including phenoxy) is 1. The molecule has 170 valence electrons. The van der Waals surface area contributed by atoms with Gasteiger partial charge in [-0.15, -0.1) is 0 Å². The molecule has 0 fully saturated rings. The van der Waals surface area contributed by atoms with E-state index in [0.717, 1.165) is 18.2 Å². The van der Waals surface area contributed by atoms with Crippen molar-refractivity contribution in [2.75, 3.05) is 5.32 Å². The first-order valence-corrected chi connectivity index (χ1v) is 8.69. The average molecular weight is 486 g/mol. The average Bonchev–Trinajstić information content (AvgIpc) is 3.17. The SMILES string of the molecule is O=C(Nc1c(F)c(F)c(C(F)(F)F)c(F)c1F)c1ccc(COc2ccc(F)cc2Cl)o1. The van der Waals surface area contributed by atoms with Crippen molar-refractivity contribution in [2.24, 2.45) is 0 Å². The highest BCUT2D eigenvalue weighted by molar-refractivity contribution is 6.32. The molecule has 4 nitrogen and oxygen atoms in total. The Morgan fingerprint density at radius 1 is 0.969 bits per heavy atom. The molecule has 3 aromatic rings. The summed E-state index contributed by atoms with van der Waals surface area (Å²) in [5.41, 5.74) is -4.55. The summed E-state index contributed by atoms with van der Waals surface area (Å²) in [6, 6.07) is 5.43. The second-order valence-corrected chi connectivity index (χ2v) is 6.49. The number of carbonyl (C=O) groups excluding carboxylic acids is 1. The number of nitrogens with one attached hydrogen (secondary N) is 1. The highest BCUT2D eigenvalue weighted by atomic mass is 35.5. The molecule has 0 radical (unpaired) electrons. The molecular formula is C19H8ClF8NO3. The number of halogens is 9. The minimum Gasteiger partial charge on any atom is -0.484 e. The summed E-state index contributed by atoms with van der Waals surface area (Å²) in [6.45, 7) is -0.328. The Balaban J connectivity index is 1.78. The molecule has 1 amide bonds. The fraction of sp³-hybridized carbons (Fsp3) is 0.105. The normalized spacial score (nSPS) is 11.5. The molecule has 3 rings (SSSR count). The number of carbonyl (C=O) groups is 1. The number of amides is 1. The Bertz CT molecular complexity index is 1160. The maximum absolute atomic E-state index is 13.9. The molecule has 0 atom stereocenters. The number of hydrogen-bond donors (Lipinski definition) is 1. The van der Waals surface area contributed by atoms with E-state index in [1.54, 1.807) is 0 Å². The molecular weight excluding hydrogens is 478 g/mol. The van der Waals surface area contributed by atoms with Gasteiger partial charge in [0.25, 0.3) is 5.91 Å². The van der Waals surface area contributed by atoms with Crippen molar-refractivity contribution < 1.29 is 49.1 Å². The molecule has 1 N–H and O–H groups in total. The van der Waals surface area contributed by atoms with Crippen LogP contribution in [0.1, 0.15) is 21.9 Å². The first-order chi connectivity index (χ1) is 14.9. The Morgan fingerprint density at radius 2 is 1.59 bits per heavy atom. The van der Waals surface area contributed by atoms with E-state index in [-0.39, 0.29) is 23.1 Å². The van der Waals surface area contributed by atoms with E-state index in [9.17, 15) is 39.9 Å². The van der Waals surface area contributed by atoms with E-state index in [1.165, 1.54) is 17.4 Å². The number of benzene rings is 2. The van der Waals surface area contributed by atoms with Crippen LogP contribution in [-0.2, 0) is 12.8 Å². The Morgan fingerprint density at radius 3 is 2.16 bits per heavy atom. The number of rotatable bonds is 5. The van der Waals surface area contributed by atoms with Gasteiger partial charge in [-0.2, -0.15) is 13.2 Å². The first-order valence-electron chi connectivity index (χ1n) is 8.31. The predicted molar refractivity (Wildman–Crippen MR) is 93.7 cm³/mol. The molecule has 0 unspecified atom stereocenters. The maximum atomic E-state index is 13.9. The van der Waals surface area contributed by atoms with Crippen LogP contribution in [0, 0.1) is 29.1 Å². The first kappa shape index (κ1) is 23.4. The van der Waals surface area contributed by atoms with Gasteiger partial charge >= 0.3 is 6.18 Å². The van der Waals surface area contributed by atoms with Gasteiger partial charge < -0.3 is 14.5 Å². The third-order valence-corrected chi connectivity index (χ3v) is 4.23. The van der Waals surface area contributed by atoms with Gasteiger partial charge in [0.1, 0.15) is 35.2 Å². The predicted octanol–water partition coefficient (Wildman–Crippen LogP) is 6.48.